The SMILES string of the molecule is CCCCCOCC(C)(C)N. The molecule has 2 heteroatoms. The summed E-state index contributed by atoms with van der Waals surface area (Å²) in [4.78, 5) is 0. The van der Waals surface area contributed by atoms with Crippen LogP contribution in [0.1, 0.15) is 40.0 Å². The van der Waals surface area contributed by atoms with Crippen LogP contribution in [0.4, 0.5) is 0 Å². The van der Waals surface area contributed by atoms with Gasteiger partial charge in [0.15, 0.2) is 0 Å². The van der Waals surface area contributed by atoms with E-state index in [0.29, 0.717) is 6.61 Å². The highest BCUT2D eigenvalue weighted by Gasteiger charge is 2.09. The highest BCUT2D eigenvalue weighted by molar-refractivity contribution is 4.69. The third-order valence-corrected chi connectivity index (χ3v) is 1.37. The van der Waals surface area contributed by atoms with Gasteiger partial charge in [0.2, 0.25) is 0 Å². The zero-order valence-corrected chi connectivity index (χ0v) is 8.02. The molecule has 68 valence electrons. The second-order valence-electron chi connectivity index (χ2n) is 3.75. The summed E-state index contributed by atoms with van der Waals surface area (Å²) in [5, 5.41) is 0. The minimum absolute atomic E-state index is 0.174. The first-order chi connectivity index (χ1) is 5.06. The first kappa shape index (κ1) is 10.9. The van der Waals surface area contributed by atoms with Crippen molar-refractivity contribution in [3.8, 4) is 0 Å². The number of hydrogen-bond donors (Lipinski definition) is 1. The largest absolute Gasteiger partial charge is 0.380 e. The van der Waals surface area contributed by atoms with Gasteiger partial charge in [0.05, 0.1) is 6.61 Å². The van der Waals surface area contributed by atoms with Crippen LogP contribution in [-0.4, -0.2) is 18.8 Å². The molecule has 11 heavy (non-hydrogen) atoms. The lowest BCUT2D eigenvalue weighted by molar-refractivity contribution is 0.0943. The van der Waals surface area contributed by atoms with Crippen LogP contribution < -0.4 is 5.73 Å². The summed E-state index contributed by atoms with van der Waals surface area (Å²) < 4.78 is 5.38. The van der Waals surface area contributed by atoms with Crippen LogP contribution in [0.25, 0.3) is 0 Å². The molecule has 0 aliphatic heterocycles. The monoisotopic (exact) mass is 159 g/mol. The van der Waals surface area contributed by atoms with Crippen LogP contribution in [0.3, 0.4) is 0 Å². The third-order valence-electron chi connectivity index (χ3n) is 1.37. The van der Waals surface area contributed by atoms with E-state index in [4.69, 9.17) is 10.5 Å². The standard InChI is InChI=1S/C9H21NO/c1-4-5-6-7-11-8-9(2,3)10/h4-8,10H2,1-3H3. The van der Waals surface area contributed by atoms with Gasteiger partial charge >= 0.3 is 0 Å². The van der Waals surface area contributed by atoms with Crippen molar-refractivity contribution in [3.05, 3.63) is 0 Å². The Morgan fingerprint density at radius 3 is 2.36 bits per heavy atom. The number of nitrogens with two attached hydrogens (primary N) is 1. The Hall–Kier alpha value is -0.0800. The highest BCUT2D eigenvalue weighted by atomic mass is 16.5. The Balaban J connectivity index is 3.02. The van der Waals surface area contributed by atoms with Gasteiger partial charge in [0.25, 0.3) is 0 Å². The van der Waals surface area contributed by atoms with Gasteiger partial charge in [0, 0.05) is 12.1 Å². The van der Waals surface area contributed by atoms with Crippen molar-refractivity contribution < 1.29 is 4.74 Å². The molecule has 0 aliphatic carbocycles. The zero-order chi connectivity index (χ0) is 8.74. The van der Waals surface area contributed by atoms with Crippen LogP contribution in [-0.2, 0) is 4.74 Å². The van der Waals surface area contributed by atoms with E-state index in [2.05, 4.69) is 6.92 Å². The van der Waals surface area contributed by atoms with E-state index in [0.717, 1.165) is 13.0 Å². The Kier molecular flexibility index (Phi) is 5.51. The topological polar surface area (TPSA) is 35.2 Å². The molecule has 0 aromatic heterocycles. The molecule has 0 heterocycles. The van der Waals surface area contributed by atoms with E-state index >= 15 is 0 Å². The lowest BCUT2D eigenvalue weighted by Gasteiger charge is -2.17. The second-order valence-corrected chi connectivity index (χ2v) is 3.75. The van der Waals surface area contributed by atoms with E-state index < -0.39 is 0 Å². The zero-order valence-electron chi connectivity index (χ0n) is 8.02. The van der Waals surface area contributed by atoms with Gasteiger partial charge in [-0.05, 0) is 20.3 Å². The molecule has 0 bridgehead atoms. The first-order valence-electron chi connectivity index (χ1n) is 4.43. The van der Waals surface area contributed by atoms with Crippen LogP contribution in [0, 0.1) is 0 Å². The van der Waals surface area contributed by atoms with Gasteiger partial charge in [0.1, 0.15) is 0 Å². The summed E-state index contributed by atoms with van der Waals surface area (Å²) in [5.41, 5.74) is 5.55. The van der Waals surface area contributed by atoms with Crippen LogP contribution >= 0.6 is 0 Å². The molecule has 0 unspecified atom stereocenters. The Morgan fingerprint density at radius 1 is 1.27 bits per heavy atom. The maximum atomic E-state index is 5.73. The molecule has 0 fully saturated rings. The fraction of sp³-hybridized carbons (Fsp3) is 1.00. The first-order valence-corrected chi connectivity index (χ1v) is 4.43. The van der Waals surface area contributed by atoms with E-state index in [-0.39, 0.29) is 5.54 Å². The number of hydrogen-bond acceptors (Lipinski definition) is 2. The van der Waals surface area contributed by atoms with Gasteiger partial charge in [-0.1, -0.05) is 19.8 Å². The van der Waals surface area contributed by atoms with E-state index in [1.165, 1.54) is 12.8 Å². The fourth-order valence-electron chi connectivity index (χ4n) is 0.789. The van der Waals surface area contributed by atoms with Gasteiger partial charge in [-0.2, -0.15) is 0 Å². The molecule has 0 aliphatic rings. The van der Waals surface area contributed by atoms with Crippen molar-refractivity contribution in [3.63, 3.8) is 0 Å². The molecule has 0 aromatic carbocycles. The van der Waals surface area contributed by atoms with Crippen molar-refractivity contribution in [2.75, 3.05) is 13.2 Å². The van der Waals surface area contributed by atoms with Crippen LogP contribution in [0.15, 0.2) is 0 Å². The summed E-state index contributed by atoms with van der Waals surface area (Å²) in [6, 6.07) is 0. The smallest absolute Gasteiger partial charge is 0.0640 e. The maximum Gasteiger partial charge on any atom is 0.0640 e. The van der Waals surface area contributed by atoms with Crippen molar-refractivity contribution in [2.45, 2.75) is 45.6 Å². The Bertz CT molecular complexity index is 86.1. The number of ether oxygens (including phenoxy) is 1. The average molecular weight is 159 g/mol. The summed E-state index contributed by atoms with van der Waals surface area (Å²) >= 11 is 0. The molecule has 0 amide bonds. The van der Waals surface area contributed by atoms with Gasteiger partial charge < -0.3 is 10.5 Å². The molecule has 0 atom stereocenters. The summed E-state index contributed by atoms with van der Waals surface area (Å²) in [7, 11) is 0. The minimum atomic E-state index is -0.174. The molecule has 0 aromatic rings. The van der Waals surface area contributed by atoms with Gasteiger partial charge in [-0.3, -0.25) is 0 Å². The summed E-state index contributed by atoms with van der Waals surface area (Å²) in [6.07, 6.45) is 3.66. The molecule has 2 N–H and O–H groups in total. The van der Waals surface area contributed by atoms with Crippen molar-refractivity contribution in [2.24, 2.45) is 5.73 Å². The average Bonchev–Trinajstić information content (AvgIpc) is 1.85. The minimum Gasteiger partial charge on any atom is -0.380 e. The van der Waals surface area contributed by atoms with Crippen LogP contribution in [0.5, 0.6) is 0 Å². The van der Waals surface area contributed by atoms with E-state index in [9.17, 15) is 0 Å². The number of rotatable bonds is 6. The van der Waals surface area contributed by atoms with E-state index in [1.54, 1.807) is 0 Å². The van der Waals surface area contributed by atoms with Crippen LogP contribution in [0.2, 0.25) is 0 Å². The molecular formula is C9H21NO. The van der Waals surface area contributed by atoms with Crippen molar-refractivity contribution >= 4 is 0 Å². The predicted octanol–water partition coefficient (Wildman–Crippen LogP) is 1.93. The molecule has 0 rings (SSSR count). The van der Waals surface area contributed by atoms with Gasteiger partial charge in [-0.25, -0.2) is 0 Å². The molecule has 0 saturated heterocycles. The molecular weight excluding hydrogens is 138 g/mol. The highest BCUT2D eigenvalue weighted by Crippen LogP contribution is 1.99. The Labute approximate surface area is 70.1 Å². The molecule has 2 nitrogen and oxygen atoms in total. The molecule has 0 spiro atoms. The lowest BCUT2D eigenvalue weighted by Crippen LogP contribution is -2.37. The predicted molar refractivity (Wildman–Crippen MR) is 48.6 cm³/mol. The maximum absolute atomic E-state index is 5.73. The van der Waals surface area contributed by atoms with Crippen molar-refractivity contribution in [1.29, 1.82) is 0 Å². The Morgan fingerprint density at radius 2 is 1.91 bits per heavy atom. The third kappa shape index (κ3) is 9.92. The summed E-state index contributed by atoms with van der Waals surface area (Å²) in [5.74, 6) is 0. The quantitative estimate of drug-likeness (QED) is 0.601. The van der Waals surface area contributed by atoms with Gasteiger partial charge in [-0.15, -0.1) is 0 Å². The number of unbranched alkanes of at least 4 members (excludes halogenated alkanes) is 2. The van der Waals surface area contributed by atoms with E-state index in [1.807, 2.05) is 13.8 Å². The lowest BCUT2D eigenvalue weighted by atomic mass is 10.1. The fourth-order valence-corrected chi connectivity index (χ4v) is 0.789. The molecule has 0 radical (unpaired) electrons. The summed E-state index contributed by atoms with van der Waals surface area (Å²) in [6.45, 7) is 7.66. The normalized spacial score (nSPS) is 12.0. The second kappa shape index (κ2) is 5.56. The molecule has 0 saturated carbocycles. The van der Waals surface area contributed by atoms with Crippen molar-refractivity contribution in [1.82, 2.24) is 0 Å².